The van der Waals surface area contributed by atoms with E-state index in [-0.39, 0.29) is 10.9 Å². The van der Waals surface area contributed by atoms with Crippen LogP contribution in [0.15, 0.2) is 63.2 Å². The van der Waals surface area contributed by atoms with Gasteiger partial charge in [-0.25, -0.2) is 4.79 Å². The van der Waals surface area contributed by atoms with Crippen LogP contribution in [0.2, 0.25) is 0 Å². The van der Waals surface area contributed by atoms with Crippen LogP contribution in [0, 0.1) is 0 Å². The molecule has 0 unspecified atom stereocenters. The Morgan fingerprint density at radius 2 is 1.79 bits per heavy atom. The first-order valence-corrected chi connectivity index (χ1v) is 6.82. The molecule has 0 amide bonds. The van der Waals surface area contributed by atoms with Crippen LogP contribution in [0.4, 0.5) is 13.2 Å². The summed E-state index contributed by atoms with van der Waals surface area (Å²) in [5, 5.41) is 3.97. The normalized spacial score (nSPS) is 12.1. The van der Waals surface area contributed by atoms with E-state index < -0.39 is 23.0 Å². The molecule has 0 atom stereocenters. The summed E-state index contributed by atoms with van der Waals surface area (Å²) in [4.78, 5) is 26.6. The van der Waals surface area contributed by atoms with E-state index in [1.54, 1.807) is 18.2 Å². The minimum atomic E-state index is -4.49. The summed E-state index contributed by atoms with van der Waals surface area (Å²) >= 11 is 0. The van der Waals surface area contributed by atoms with Crippen LogP contribution >= 0.6 is 0 Å². The monoisotopic (exact) mass is 333 g/mol. The Morgan fingerprint density at radius 3 is 2.54 bits per heavy atom. The number of para-hydroxylation sites is 1. The highest BCUT2D eigenvalue weighted by atomic mass is 19.4. The molecule has 0 saturated heterocycles. The second kappa shape index (κ2) is 5.80. The number of H-pyrrole nitrogens is 1. The van der Waals surface area contributed by atoms with Gasteiger partial charge < -0.3 is 4.98 Å². The van der Waals surface area contributed by atoms with E-state index in [9.17, 15) is 22.8 Å². The summed E-state index contributed by atoms with van der Waals surface area (Å²) < 4.78 is 38.6. The number of fused-ring (bicyclic) bond motifs is 1. The van der Waals surface area contributed by atoms with Crippen LogP contribution in [0.25, 0.3) is 10.9 Å². The van der Waals surface area contributed by atoms with Crippen LogP contribution in [-0.2, 0) is 6.18 Å². The molecular weight excluding hydrogens is 323 g/mol. The fourth-order valence-electron chi connectivity index (χ4n) is 2.18. The Bertz CT molecular complexity index is 1050. The summed E-state index contributed by atoms with van der Waals surface area (Å²) in [6.45, 7) is 0. The van der Waals surface area contributed by atoms with Gasteiger partial charge in [0.05, 0.1) is 22.7 Å². The Balaban J connectivity index is 2.06. The maximum atomic E-state index is 12.7. The Hall–Kier alpha value is -3.16. The lowest BCUT2D eigenvalue weighted by atomic mass is 10.1. The number of halogens is 3. The van der Waals surface area contributed by atoms with Gasteiger partial charge in [-0.1, -0.05) is 24.3 Å². The maximum Gasteiger partial charge on any atom is 0.416 e. The van der Waals surface area contributed by atoms with Gasteiger partial charge in [0, 0.05) is 0 Å². The molecule has 0 radical (unpaired) electrons. The fourth-order valence-corrected chi connectivity index (χ4v) is 2.18. The van der Waals surface area contributed by atoms with Crippen LogP contribution in [-0.4, -0.2) is 15.9 Å². The molecule has 122 valence electrons. The van der Waals surface area contributed by atoms with Crippen molar-refractivity contribution in [2.24, 2.45) is 5.10 Å². The SMILES string of the molecule is O=c1[nH]c2ccccc2c(=O)n1N=Cc1cccc(C(F)(F)F)c1. The first-order valence-electron chi connectivity index (χ1n) is 6.82. The van der Waals surface area contributed by atoms with Crippen molar-refractivity contribution >= 4 is 17.1 Å². The highest BCUT2D eigenvalue weighted by Crippen LogP contribution is 2.29. The smallest absolute Gasteiger partial charge is 0.305 e. The number of benzene rings is 2. The zero-order valence-electron chi connectivity index (χ0n) is 12.0. The second-order valence-electron chi connectivity index (χ2n) is 4.96. The number of aromatic amines is 1. The van der Waals surface area contributed by atoms with Gasteiger partial charge in [0.25, 0.3) is 5.56 Å². The predicted octanol–water partition coefficient (Wildman–Crippen LogP) is 2.59. The molecule has 0 aliphatic carbocycles. The molecule has 1 heterocycles. The zero-order chi connectivity index (χ0) is 17.3. The number of hydrogen-bond acceptors (Lipinski definition) is 3. The average Bonchev–Trinajstić information content (AvgIpc) is 2.54. The van der Waals surface area contributed by atoms with E-state index >= 15 is 0 Å². The van der Waals surface area contributed by atoms with E-state index in [0.717, 1.165) is 18.3 Å². The molecule has 5 nitrogen and oxygen atoms in total. The number of alkyl halides is 3. The maximum absolute atomic E-state index is 12.7. The average molecular weight is 333 g/mol. The van der Waals surface area contributed by atoms with Crippen LogP contribution in [0.1, 0.15) is 11.1 Å². The lowest BCUT2D eigenvalue weighted by molar-refractivity contribution is -0.137. The third-order valence-corrected chi connectivity index (χ3v) is 3.32. The van der Waals surface area contributed by atoms with Crippen LogP contribution in [0.3, 0.4) is 0 Å². The zero-order valence-corrected chi connectivity index (χ0v) is 12.0. The number of aromatic nitrogens is 2. The largest absolute Gasteiger partial charge is 0.416 e. The second-order valence-corrected chi connectivity index (χ2v) is 4.96. The number of nitrogens with zero attached hydrogens (tertiary/aromatic N) is 2. The molecular formula is C16H10F3N3O2. The van der Waals surface area contributed by atoms with Gasteiger partial charge in [-0.2, -0.15) is 18.3 Å². The molecule has 1 N–H and O–H groups in total. The molecule has 24 heavy (non-hydrogen) atoms. The lowest BCUT2D eigenvalue weighted by Crippen LogP contribution is -2.32. The topological polar surface area (TPSA) is 67.2 Å². The van der Waals surface area contributed by atoms with E-state index in [0.29, 0.717) is 10.2 Å². The summed E-state index contributed by atoms with van der Waals surface area (Å²) in [6.07, 6.45) is -3.46. The molecule has 0 saturated carbocycles. The van der Waals surface area contributed by atoms with Gasteiger partial charge in [0.15, 0.2) is 0 Å². The molecule has 8 heteroatoms. The molecule has 0 fully saturated rings. The van der Waals surface area contributed by atoms with E-state index in [4.69, 9.17) is 0 Å². The van der Waals surface area contributed by atoms with Crippen molar-refractivity contribution in [3.05, 3.63) is 80.5 Å². The van der Waals surface area contributed by atoms with Gasteiger partial charge in [-0.3, -0.25) is 4.79 Å². The molecule has 0 aliphatic heterocycles. The molecule has 0 spiro atoms. The van der Waals surface area contributed by atoms with Crippen molar-refractivity contribution < 1.29 is 13.2 Å². The van der Waals surface area contributed by atoms with Crippen LogP contribution in [0.5, 0.6) is 0 Å². The number of nitrogens with one attached hydrogen (secondary N) is 1. The fraction of sp³-hybridized carbons (Fsp3) is 0.0625. The lowest BCUT2D eigenvalue weighted by Gasteiger charge is -2.06. The highest BCUT2D eigenvalue weighted by molar-refractivity contribution is 5.80. The number of hydrogen-bond donors (Lipinski definition) is 1. The Morgan fingerprint density at radius 1 is 1.04 bits per heavy atom. The van der Waals surface area contributed by atoms with E-state index in [1.165, 1.54) is 18.2 Å². The predicted molar refractivity (Wildman–Crippen MR) is 83.3 cm³/mol. The Labute approximate surface area is 132 Å². The molecule has 3 rings (SSSR count). The van der Waals surface area contributed by atoms with Crippen molar-refractivity contribution in [1.29, 1.82) is 0 Å². The third-order valence-electron chi connectivity index (χ3n) is 3.32. The summed E-state index contributed by atoms with van der Waals surface area (Å²) in [5.74, 6) is 0. The van der Waals surface area contributed by atoms with Gasteiger partial charge in [-0.15, -0.1) is 4.68 Å². The van der Waals surface area contributed by atoms with Gasteiger partial charge in [-0.05, 0) is 29.8 Å². The summed E-state index contributed by atoms with van der Waals surface area (Å²) in [7, 11) is 0. The quantitative estimate of drug-likeness (QED) is 0.733. The standard InChI is InChI=1S/C16H10F3N3O2/c17-16(18,19)11-5-3-4-10(8-11)9-20-22-14(23)12-6-1-2-7-13(12)21-15(22)24/h1-9H,(H,21,24). The number of rotatable bonds is 2. The van der Waals surface area contributed by atoms with Gasteiger partial charge in [0.2, 0.25) is 0 Å². The Kier molecular flexibility index (Phi) is 3.80. The van der Waals surface area contributed by atoms with Crippen molar-refractivity contribution in [1.82, 2.24) is 9.66 Å². The third kappa shape index (κ3) is 2.98. The van der Waals surface area contributed by atoms with E-state index in [2.05, 4.69) is 10.1 Å². The van der Waals surface area contributed by atoms with Gasteiger partial charge in [0.1, 0.15) is 0 Å². The molecule has 0 bridgehead atoms. The minimum absolute atomic E-state index is 0.115. The van der Waals surface area contributed by atoms with Crippen molar-refractivity contribution in [2.45, 2.75) is 6.18 Å². The molecule has 1 aromatic heterocycles. The van der Waals surface area contributed by atoms with Crippen molar-refractivity contribution in [3.63, 3.8) is 0 Å². The van der Waals surface area contributed by atoms with E-state index in [1.807, 2.05) is 0 Å². The van der Waals surface area contributed by atoms with Crippen LogP contribution < -0.4 is 11.2 Å². The first kappa shape index (κ1) is 15.7. The first-order chi connectivity index (χ1) is 11.4. The summed E-state index contributed by atoms with van der Waals surface area (Å²) in [6, 6.07) is 10.8. The van der Waals surface area contributed by atoms with Crippen molar-refractivity contribution in [3.8, 4) is 0 Å². The molecule has 2 aromatic carbocycles. The van der Waals surface area contributed by atoms with Crippen molar-refractivity contribution in [2.75, 3.05) is 0 Å². The molecule has 3 aromatic rings. The molecule has 0 aliphatic rings. The minimum Gasteiger partial charge on any atom is -0.305 e. The van der Waals surface area contributed by atoms with Gasteiger partial charge >= 0.3 is 11.9 Å². The summed E-state index contributed by atoms with van der Waals surface area (Å²) in [5.41, 5.74) is -1.80. The highest BCUT2D eigenvalue weighted by Gasteiger charge is 2.30.